The summed E-state index contributed by atoms with van der Waals surface area (Å²) in [6.45, 7) is 0.919. The molecule has 8 heteroatoms. The zero-order valence-electron chi connectivity index (χ0n) is 11.9. The van der Waals surface area contributed by atoms with Crippen molar-refractivity contribution in [2.45, 2.75) is 5.75 Å². The Balaban J connectivity index is 1.76. The Morgan fingerprint density at radius 2 is 1.70 bits per heavy atom. The number of ether oxygens (including phenoxy) is 2. The fraction of sp³-hybridized carbons (Fsp3) is 0.200. The molecule has 0 bridgehead atoms. The van der Waals surface area contributed by atoms with E-state index in [1.54, 1.807) is 30.3 Å². The first-order valence-corrected chi connectivity index (χ1v) is 9.18. The molecule has 5 nitrogen and oxygen atoms in total. The van der Waals surface area contributed by atoms with Gasteiger partial charge in [0, 0.05) is 6.07 Å². The highest BCUT2D eigenvalue weighted by molar-refractivity contribution is 7.91. The molecular formula is C15H13Cl2NO4S. The van der Waals surface area contributed by atoms with Crippen LogP contribution in [0.3, 0.4) is 0 Å². The number of benzene rings is 2. The van der Waals surface area contributed by atoms with Crippen molar-refractivity contribution in [3.63, 3.8) is 0 Å². The van der Waals surface area contributed by atoms with Gasteiger partial charge in [-0.2, -0.15) is 0 Å². The highest BCUT2D eigenvalue weighted by atomic mass is 35.5. The van der Waals surface area contributed by atoms with Crippen molar-refractivity contribution >= 4 is 38.9 Å². The van der Waals surface area contributed by atoms with Crippen LogP contribution in [0.25, 0.3) is 0 Å². The third kappa shape index (κ3) is 4.02. The molecule has 0 atom stereocenters. The number of rotatable bonds is 4. The fourth-order valence-corrected chi connectivity index (χ4v) is 3.67. The Morgan fingerprint density at radius 3 is 2.43 bits per heavy atom. The van der Waals surface area contributed by atoms with E-state index >= 15 is 0 Å². The second-order valence-corrected chi connectivity index (χ2v) is 7.50. The molecule has 122 valence electrons. The number of sulfonamides is 1. The first-order valence-electron chi connectivity index (χ1n) is 6.77. The molecule has 0 unspecified atom stereocenters. The molecule has 1 N–H and O–H groups in total. The van der Waals surface area contributed by atoms with Gasteiger partial charge in [0.05, 0.1) is 21.5 Å². The SMILES string of the molecule is O=S(=O)(Cc1ccc(Cl)c(Cl)c1)Nc1ccc2c(c1)OCCO2. The Bertz CT molecular complexity index is 839. The zero-order chi connectivity index (χ0) is 16.4. The standard InChI is InChI=1S/C15H13Cl2NO4S/c16-12-3-1-10(7-13(12)17)9-23(19,20)18-11-2-4-14-15(8-11)22-6-5-21-14/h1-4,7-8,18H,5-6,9H2. The average molecular weight is 374 g/mol. The van der Waals surface area contributed by atoms with Gasteiger partial charge in [0.25, 0.3) is 0 Å². The minimum Gasteiger partial charge on any atom is -0.486 e. The maximum absolute atomic E-state index is 12.3. The third-order valence-corrected chi connectivity index (χ3v) is 5.16. The van der Waals surface area contributed by atoms with Crippen LogP contribution < -0.4 is 14.2 Å². The summed E-state index contributed by atoms with van der Waals surface area (Å²) < 4.78 is 37.9. The summed E-state index contributed by atoms with van der Waals surface area (Å²) in [4.78, 5) is 0. The molecule has 0 amide bonds. The van der Waals surface area contributed by atoms with Gasteiger partial charge < -0.3 is 9.47 Å². The predicted molar refractivity (Wildman–Crippen MR) is 90.1 cm³/mol. The summed E-state index contributed by atoms with van der Waals surface area (Å²) in [5, 5.41) is 0.700. The molecule has 0 aliphatic carbocycles. The summed E-state index contributed by atoms with van der Waals surface area (Å²) in [5.74, 6) is 0.910. The van der Waals surface area contributed by atoms with E-state index in [-0.39, 0.29) is 5.75 Å². The van der Waals surface area contributed by atoms with E-state index in [0.29, 0.717) is 46.0 Å². The highest BCUT2D eigenvalue weighted by Crippen LogP contribution is 2.33. The van der Waals surface area contributed by atoms with Crippen LogP contribution in [0.4, 0.5) is 5.69 Å². The van der Waals surface area contributed by atoms with E-state index in [4.69, 9.17) is 32.7 Å². The van der Waals surface area contributed by atoms with Crippen LogP contribution in [0.1, 0.15) is 5.56 Å². The van der Waals surface area contributed by atoms with Crippen LogP contribution in [-0.4, -0.2) is 21.6 Å². The van der Waals surface area contributed by atoms with Crippen molar-refractivity contribution in [1.29, 1.82) is 0 Å². The van der Waals surface area contributed by atoms with E-state index < -0.39 is 10.0 Å². The molecule has 0 aromatic heterocycles. The molecule has 1 heterocycles. The molecule has 23 heavy (non-hydrogen) atoms. The first kappa shape index (κ1) is 16.2. The third-order valence-electron chi connectivity index (χ3n) is 3.16. The largest absolute Gasteiger partial charge is 0.486 e. The molecule has 1 aliphatic heterocycles. The van der Waals surface area contributed by atoms with Crippen molar-refractivity contribution in [2.24, 2.45) is 0 Å². The van der Waals surface area contributed by atoms with Crippen molar-refractivity contribution in [3.05, 3.63) is 52.0 Å². The zero-order valence-corrected chi connectivity index (χ0v) is 14.2. The van der Waals surface area contributed by atoms with Crippen molar-refractivity contribution in [1.82, 2.24) is 0 Å². The van der Waals surface area contributed by atoms with Gasteiger partial charge in [-0.1, -0.05) is 29.3 Å². The Kier molecular flexibility index (Phi) is 4.57. The van der Waals surface area contributed by atoms with Crippen LogP contribution >= 0.6 is 23.2 Å². The maximum atomic E-state index is 12.3. The lowest BCUT2D eigenvalue weighted by molar-refractivity contribution is 0.171. The summed E-state index contributed by atoms with van der Waals surface area (Å²) in [7, 11) is -3.59. The van der Waals surface area contributed by atoms with Gasteiger partial charge in [0.1, 0.15) is 13.2 Å². The fourth-order valence-electron chi connectivity index (χ4n) is 2.17. The highest BCUT2D eigenvalue weighted by Gasteiger charge is 2.16. The van der Waals surface area contributed by atoms with Crippen LogP contribution in [-0.2, 0) is 15.8 Å². The lowest BCUT2D eigenvalue weighted by atomic mass is 10.2. The van der Waals surface area contributed by atoms with Gasteiger partial charge in [-0.05, 0) is 29.8 Å². The Hall–Kier alpha value is -1.63. The van der Waals surface area contributed by atoms with E-state index in [0.717, 1.165) is 0 Å². The predicted octanol–water partition coefficient (Wildman–Crippen LogP) is 3.71. The molecule has 1 aliphatic rings. The molecular weight excluding hydrogens is 361 g/mol. The first-order chi connectivity index (χ1) is 10.9. The molecule has 3 rings (SSSR count). The van der Waals surface area contributed by atoms with Crippen molar-refractivity contribution in [3.8, 4) is 11.5 Å². The maximum Gasteiger partial charge on any atom is 0.236 e. The molecule has 2 aromatic rings. The van der Waals surface area contributed by atoms with Crippen LogP contribution in [0.2, 0.25) is 10.0 Å². The Labute approximate surface area is 144 Å². The molecule has 0 fully saturated rings. The van der Waals surface area contributed by atoms with E-state index in [9.17, 15) is 8.42 Å². The monoisotopic (exact) mass is 373 g/mol. The van der Waals surface area contributed by atoms with Gasteiger partial charge in [-0.15, -0.1) is 0 Å². The summed E-state index contributed by atoms with van der Waals surface area (Å²) in [6.07, 6.45) is 0. The number of anilines is 1. The lowest BCUT2D eigenvalue weighted by Gasteiger charge is -2.19. The van der Waals surface area contributed by atoms with Gasteiger partial charge in [0.15, 0.2) is 11.5 Å². The number of hydrogen-bond donors (Lipinski definition) is 1. The summed E-state index contributed by atoms with van der Waals surface area (Å²) >= 11 is 11.7. The quantitative estimate of drug-likeness (QED) is 0.886. The van der Waals surface area contributed by atoms with Gasteiger partial charge in [-0.25, -0.2) is 8.42 Å². The van der Waals surface area contributed by atoms with E-state index in [1.807, 2.05) is 0 Å². The smallest absolute Gasteiger partial charge is 0.236 e. The molecule has 0 saturated carbocycles. The van der Waals surface area contributed by atoms with E-state index in [2.05, 4.69) is 4.72 Å². The second-order valence-electron chi connectivity index (χ2n) is 4.97. The summed E-state index contributed by atoms with van der Waals surface area (Å²) in [5.41, 5.74) is 0.957. The normalized spacial score (nSPS) is 13.7. The topological polar surface area (TPSA) is 64.6 Å². The summed E-state index contributed by atoms with van der Waals surface area (Å²) in [6, 6.07) is 9.62. The van der Waals surface area contributed by atoms with Crippen molar-refractivity contribution in [2.75, 3.05) is 17.9 Å². The van der Waals surface area contributed by atoms with Gasteiger partial charge in [-0.3, -0.25) is 4.72 Å². The van der Waals surface area contributed by atoms with Crippen molar-refractivity contribution < 1.29 is 17.9 Å². The van der Waals surface area contributed by atoms with Crippen LogP contribution in [0.15, 0.2) is 36.4 Å². The number of hydrogen-bond acceptors (Lipinski definition) is 4. The second kappa shape index (κ2) is 6.47. The molecule has 0 spiro atoms. The lowest BCUT2D eigenvalue weighted by Crippen LogP contribution is -2.17. The minimum absolute atomic E-state index is 0.210. The number of fused-ring (bicyclic) bond motifs is 1. The van der Waals surface area contributed by atoms with E-state index in [1.165, 1.54) is 6.07 Å². The number of nitrogens with one attached hydrogen (secondary N) is 1. The Morgan fingerprint density at radius 1 is 0.957 bits per heavy atom. The average Bonchev–Trinajstić information content (AvgIpc) is 2.50. The minimum atomic E-state index is -3.59. The van der Waals surface area contributed by atoms with Gasteiger partial charge >= 0.3 is 0 Å². The van der Waals surface area contributed by atoms with Crippen LogP contribution in [0.5, 0.6) is 11.5 Å². The van der Waals surface area contributed by atoms with Crippen LogP contribution in [0, 0.1) is 0 Å². The number of halogens is 2. The molecule has 0 saturated heterocycles. The molecule has 0 radical (unpaired) electrons. The molecule has 2 aromatic carbocycles. The van der Waals surface area contributed by atoms with Gasteiger partial charge in [0.2, 0.25) is 10.0 Å².